The molecule has 1 aromatic rings. The van der Waals surface area contributed by atoms with E-state index in [2.05, 4.69) is 0 Å². The number of aliphatic hydroxyl groups excluding tert-OH is 1. The van der Waals surface area contributed by atoms with Crippen molar-refractivity contribution < 1.29 is 14.6 Å². The number of likely N-dealkylation sites (tertiary alicyclic amines) is 1. The Morgan fingerprint density at radius 1 is 1.33 bits per heavy atom. The average molecular weight is 249 g/mol. The highest BCUT2D eigenvalue weighted by molar-refractivity contribution is 5.78. The Morgan fingerprint density at radius 2 is 2.11 bits per heavy atom. The van der Waals surface area contributed by atoms with E-state index < -0.39 is 0 Å². The predicted molar refractivity (Wildman–Crippen MR) is 67.6 cm³/mol. The molecule has 0 saturated carbocycles. The first-order valence-corrected chi connectivity index (χ1v) is 6.30. The minimum absolute atomic E-state index is 0.0468. The van der Waals surface area contributed by atoms with Gasteiger partial charge in [0.1, 0.15) is 6.73 Å². The normalized spacial score (nSPS) is 19.5. The summed E-state index contributed by atoms with van der Waals surface area (Å²) in [6, 6.07) is 10.0. The van der Waals surface area contributed by atoms with Crippen LogP contribution in [0, 0.1) is 5.92 Å². The molecule has 0 unspecified atom stereocenters. The standard InChI is InChI=1S/C14H19NO3/c16-11-15-9-13(8-14(15)17)6-7-18-10-12-4-2-1-3-5-12/h1-5,13,16H,6-11H2/t13-/m1/s1. The summed E-state index contributed by atoms with van der Waals surface area (Å²) in [6.07, 6.45) is 1.41. The molecule has 1 saturated heterocycles. The summed E-state index contributed by atoms with van der Waals surface area (Å²) in [6.45, 7) is 1.77. The van der Waals surface area contributed by atoms with Gasteiger partial charge in [-0.25, -0.2) is 0 Å². The van der Waals surface area contributed by atoms with Crippen LogP contribution in [0.3, 0.4) is 0 Å². The minimum Gasteiger partial charge on any atom is -0.377 e. The highest BCUT2D eigenvalue weighted by Gasteiger charge is 2.28. The maximum atomic E-state index is 11.4. The zero-order valence-corrected chi connectivity index (χ0v) is 10.4. The van der Waals surface area contributed by atoms with Crippen LogP contribution in [0.25, 0.3) is 0 Å². The van der Waals surface area contributed by atoms with E-state index in [4.69, 9.17) is 9.84 Å². The van der Waals surface area contributed by atoms with Crippen molar-refractivity contribution in [2.75, 3.05) is 19.9 Å². The summed E-state index contributed by atoms with van der Waals surface area (Å²) >= 11 is 0. The molecule has 1 aliphatic rings. The van der Waals surface area contributed by atoms with Gasteiger partial charge in [-0.1, -0.05) is 30.3 Å². The van der Waals surface area contributed by atoms with E-state index in [1.54, 1.807) is 0 Å². The Morgan fingerprint density at radius 3 is 2.78 bits per heavy atom. The van der Waals surface area contributed by atoms with Crippen molar-refractivity contribution in [3.05, 3.63) is 35.9 Å². The number of benzene rings is 1. The SMILES string of the molecule is O=C1C[C@@H](CCOCc2ccccc2)CN1CO. The molecule has 0 bridgehead atoms. The Balaban J connectivity index is 1.63. The molecule has 0 aliphatic carbocycles. The number of carbonyl (C=O) groups is 1. The van der Waals surface area contributed by atoms with Crippen molar-refractivity contribution in [3.63, 3.8) is 0 Å². The van der Waals surface area contributed by atoms with Crippen LogP contribution >= 0.6 is 0 Å². The number of nitrogens with zero attached hydrogens (tertiary/aromatic N) is 1. The second-order valence-corrected chi connectivity index (χ2v) is 4.65. The van der Waals surface area contributed by atoms with E-state index >= 15 is 0 Å². The summed E-state index contributed by atoms with van der Waals surface area (Å²) in [4.78, 5) is 12.9. The molecular weight excluding hydrogens is 230 g/mol. The van der Waals surface area contributed by atoms with Crippen molar-refractivity contribution >= 4 is 5.91 Å². The second-order valence-electron chi connectivity index (χ2n) is 4.65. The molecule has 1 aliphatic heterocycles. The summed E-state index contributed by atoms with van der Waals surface area (Å²) in [5, 5.41) is 8.95. The molecule has 1 fully saturated rings. The van der Waals surface area contributed by atoms with Crippen molar-refractivity contribution in [1.82, 2.24) is 4.90 Å². The summed E-state index contributed by atoms with van der Waals surface area (Å²) in [7, 11) is 0. The highest BCUT2D eigenvalue weighted by atomic mass is 16.5. The maximum Gasteiger partial charge on any atom is 0.224 e. The van der Waals surface area contributed by atoms with Crippen LogP contribution in [0.4, 0.5) is 0 Å². The lowest BCUT2D eigenvalue weighted by Gasteiger charge is -2.12. The Hall–Kier alpha value is -1.39. The van der Waals surface area contributed by atoms with Crippen molar-refractivity contribution in [2.45, 2.75) is 19.4 Å². The Labute approximate surface area is 107 Å². The topological polar surface area (TPSA) is 49.8 Å². The summed E-state index contributed by atoms with van der Waals surface area (Å²) in [5.74, 6) is 0.367. The number of hydrogen-bond donors (Lipinski definition) is 1. The molecule has 4 heteroatoms. The molecule has 0 spiro atoms. The molecule has 1 atom stereocenters. The van der Waals surface area contributed by atoms with Gasteiger partial charge in [0.05, 0.1) is 6.61 Å². The highest BCUT2D eigenvalue weighted by Crippen LogP contribution is 2.20. The van der Waals surface area contributed by atoms with Gasteiger partial charge in [-0.15, -0.1) is 0 Å². The number of rotatable bonds is 6. The fraction of sp³-hybridized carbons (Fsp3) is 0.500. The van der Waals surface area contributed by atoms with Gasteiger partial charge < -0.3 is 14.7 Å². The van der Waals surface area contributed by atoms with E-state index in [1.807, 2.05) is 30.3 Å². The van der Waals surface area contributed by atoms with Crippen LogP contribution in [0.15, 0.2) is 30.3 Å². The first kappa shape index (κ1) is 13.1. The third kappa shape index (κ3) is 3.55. The van der Waals surface area contributed by atoms with Gasteiger partial charge in [0.2, 0.25) is 5.91 Å². The van der Waals surface area contributed by atoms with E-state index in [-0.39, 0.29) is 12.6 Å². The number of amides is 1. The molecule has 98 valence electrons. The fourth-order valence-electron chi connectivity index (χ4n) is 2.20. The van der Waals surface area contributed by atoms with Crippen LogP contribution in [-0.2, 0) is 16.1 Å². The molecule has 4 nitrogen and oxygen atoms in total. The number of hydrogen-bond acceptors (Lipinski definition) is 3. The average Bonchev–Trinajstić information content (AvgIpc) is 2.76. The number of aliphatic hydroxyl groups is 1. The first-order valence-electron chi connectivity index (χ1n) is 6.30. The quantitative estimate of drug-likeness (QED) is 0.775. The lowest BCUT2D eigenvalue weighted by molar-refractivity contribution is -0.130. The third-order valence-corrected chi connectivity index (χ3v) is 3.25. The monoisotopic (exact) mass is 249 g/mol. The maximum absolute atomic E-state index is 11.4. The lowest BCUT2D eigenvalue weighted by Crippen LogP contribution is -2.26. The van der Waals surface area contributed by atoms with Crippen LogP contribution in [0.2, 0.25) is 0 Å². The molecule has 0 aromatic heterocycles. The van der Waals surface area contributed by atoms with Gasteiger partial charge in [-0.3, -0.25) is 4.79 Å². The summed E-state index contributed by atoms with van der Waals surface area (Å²) < 4.78 is 5.59. The van der Waals surface area contributed by atoms with E-state index in [0.29, 0.717) is 32.1 Å². The fourth-order valence-corrected chi connectivity index (χ4v) is 2.20. The molecule has 1 aromatic carbocycles. The van der Waals surface area contributed by atoms with Crippen LogP contribution < -0.4 is 0 Å². The number of carbonyl (C=O) groups excluding carboxylic acids is 1. The molecule has 2 rings (SSSR count). The van der Waals surface area contributed by atoms with Gasteiger partial charge >= 0.3 is 0 Å². The van der Waals surface area contributed by atoms with Gasteiger partial charge in [-0.05, 0) is 17.9 Å². The van der Waals surface area contributed by atoms with Crippen LogP contribution in [0.1, 0.15) is 18.4 Å². The third-order valence-electron chi connectivity index (χ3n) is 3.25. The molecule has 0 radical (unpaired) electrons. The second kappa shape index (κ2) is 6.52. The molecule has 18 heavy (non-hydrogen) atoms. The van der Waals surface area contributed by atoms with Crippen molar-refractivity contribution in [1.29, 1.82) is 0 Å². The van der Waals surface area contributed by atoms with E-state index in [9.17, 15) is 4.79 Å². The largest absolute Gasteiger partial charge is 0.377 e. The van der Waals surface area contributed by atoms with Crippen LogP contribution in [-0.4, -0.2) is 35.8 Å². The van der Waals surface area contributed by atoms with Crippen LogP contribution in [0.5, 0.6) is 0 Å². The van der Waals surface area contributed by atoms with Crippen molar-refractivity contribution in [2.24, 2.45) is 5.92 Å². The zero-order chi connectivity index (χ0) is 12.8. The Kier molecular flexibility index (Phi) is 4.73. The molecule has 1 heterocycles. The minimum atomic E-state index is -0.166. The summed E-state index contributed by atoms with van der Waals surface area (Å²) in [5.41, 5.74) is 1.16. The number of ether oxygens (including phenoxy) is 1. The van der Waals surface area contributed by atoms with Crippen molar-refractivity contribution in [3.8, 4) is 0 Å². The van der Waals surface area contributed by atoms with Gasteiger partial charge in [0, 0.05) is 19.6 Å². The molecular formula is C14H19NO3. The van der Waals surface area contributed by atoms with Gasteiger partial charge in [0.15, 0.2) is 0 Å². The van der Waals surface area contributed by atoms with E-state index in [0.717, 1.165) is 12.0 Å². The van der Waals surface area contributed by atoms with E-state index in [1.165, 1.54) is 4.90 Å². The van der Waals surface area contributed by atoms with Gasteiger partial charge in [0.25, 0.3) is 0 Å². The molecule has 1 N–H and O–H groups in total. The Bertz CT molecular complexity index is 380. The smallest absolute Gasteiger partial charge is 0.224 e. The molecule has 1 amide bonds. The lowest BCUT2D eigenvalue weighted by atomic mass is 10.1. The predicted octanol–water partition coefficient (Wildman–Crippen LogP) is 1.39. The first-order chi connectivity index (χ1) is 8.79. The van der Waals surface area contributed by atoms with Gasteiger partial charge in [-0.2, -0.15) is 0 Å². The zero-order valence-electron chi connectivity index (χ0n) is 10.4.